The number of imidazole rings is 1. The first-order chi connectivity index (χ1) is 12.9. The molecular weight excluding hydrogens is 322 g/mol. The molecule has 1 aromatic heterocycles. The molecule has 26 heavy (non-hydrogen) atoms. The second-order valence-corrected chi connectivity index (χ2v) is 7.20. The largest absolute Gasteiger partial charge is 0.486 e. The lowest BCUT2D eigenvalue weighted by Crippen LogP contribution is -2.29. The molecule has 4 nitrogen and oxygen atoms in total. The van der Waals surface area contributed by atoms with Crippen molar-refractivity contribution in [2.45, 2.75) is 38.7 Å². The van der Waals surface area contributed by atoms with E-state index in [1.54, 1.807) is 0 Å². The number of H-pyrrole nitrogens is 1. The summed E-state index contributed by atoms with van der Waals surface area (Å²) in [5.41, 5.74) is 3.54. The zero-order valence-corrected chi connectivity index (χ0v) is 15.2. The minimum Gasteiger partial charge on any atom is -0.486 e. The van der Waals surface area contributed by atoms with Gasteiger partial charge < -0.3 is 15.0 Å². The summed E-state index contributed by atoms with van der Waals surface area (Å²) in [6.07, 6.45) is 6.33. The lowest BCUT2D eigenvalue weighted by atomic mass is 9.93. The molecule has 0 radical (unpaired) electrons. The monoisotopic (exact) mass is 349 g/mol. The Kier molecular flexibility index (Phi) is 5.50. The van der Waals surface area contributed by atoms with Gasteiger partial charge in [-0.2, -0.15) is 0 Å². The molecule has 0 spiro atoms. The number of hydrogen-bond donors (Lipinski definition) is 2. The molecule has 1 atom stereocenters. The van der Waals surface area contributed by atoms with Crippen LogP contribution in [0.4, 0.5) is 0 Å². The molecule has 1 unspecified atom stereocenters. The Balaban J connectivity index is 1.38. The third-order valence-corrected chi connectivity index (χ3v) is 5.22. The van der Waals surface area contributed by atoms with Gasteiger partial charge in [0.1, 0.15) is 18.2 Å². The Labute approximate surface area is 155 Å². The van der Waals surface area contributed by atoms with Crippen LogP contribution < -0.4 is 10.1 Å². The number of aromatic nitrogens is 2. The highest BCUT2D eigenvalue weighted by Crippen LogP contribution is 2.22. The molecule has 1 aliphatic rings. The van der Waals surface area contributed by atoms with E-state index < -0.39 is 0 Å². The molecule has 1 fully saturated rings. The summed E-state index contributed by atoms with van der Waals surface area (Å²) in [7, 11) is 0. The van der Waals surface area contributed by atoms with Gasteiger partial charge in [0.2, 0.25) is 0 Å². The molecule has 4 heteroatoms. The van der Waals surface area contributed by atoms with Crippen LogP contribution in [0.2, 0.25) is 0 Å². The number of rotatable bonds is 7. The lowest BCUT2D eigenvalue weighted by molar-refractivity contribution is 0.297. The minimum atomic E-state index is 0.464. The van der Waals surface area contributed by atoms with Crippen LogP contribution in [0.3, 0.4) is 0 Å². The fraction of sp³-hybridized carbons (Fsp3) is 0.409. The molecule has 0 saturated carbocycles. The van der Waals surface area contributed by atoms with Crippen LogP contribution in [-0.2, 0) is 13.0 Å². The van der Waals surface area contributed by atoms with Crippen LogP contribution >= 0.6 is 0 Å². The fourth-order valence-electron chi connectivity index (χ4n) is 3.83. The number of nitrogens with one attached hydrogen (secondary N) is 2. The molecule has 2 aromatic carbocycles. The van der Waals surface area contributed by atoms with Crippen LogP contribution in [0.5, 0.6) is 5.75 Å². The van der Waals surface area contributed by atoms with Gasteiger partial charge in [0.25, 0.3) is 0 Å². The summed E-state index contributed by atoms with van der Waals surface area (Å²) >= 11 is 0. The predicted octanol–water partition coefficient (Wildman–Crippen LogP) is 4.46. The highest BCUT2D eigenvalue weighted by atomic mass is 16.5. The maximum atomic E-state index is 5.82. The van der Waals surface area contributed by atoms with Crippen molar-refractivity contribution < 1.29 is 4.74 Å². The standard InChI is InChI=1S/C22H27N3O/c1-2-11-19(12-3-1)26-16-21-24-20-13-5-10-18(22(20)25-21)9-4-7-17-8-6-14-23-15-17/h1-3,5,10-13,17,23H,4,6-9,14-16H2,(H,24,25). The predicted molar refractivity (Wildman–Crippen MR) is 105 cm³/mol. The van der Waals surface area contributed by atoms with Crippen molar-refractivity contribution in [3.8, 4) is 5.75 Å². The Morgan fingerprint density at radius 1 is 1.08 bits per heavy atom. The second kappa shape index (κ2) is 8.37. The van der Waals surface area contributed by atoms with Crippen LogP contribution in [0.1, 0.15) is 37.1 Å². The van der Waals surface area contributed by atoms with Crippen molar-refractivity contribution in [3.05, 3.63) is 59.9 Å². The minimum absolute atomic E-state index is 0.464. The van der Waals surface area contributed by atoms with E-state index in [-0.39, 0.29) is 0 Å². The highest BCUT2D eigenvalue weighted by Gasteiger charge is 2.13. The van der Waals surface area contributed by atoms with Crippen molar-refractivity contribution in [1.82, 2.24) is 15.3 Å². The van der Waals surface area contributed by atoms with Crippen molar-refractivity contribution in [2.24, 2.45) is 5.92 Å². The molecule has 4 rings (SSSR count). The van der Waals surface area contributed by atoms with Crippen molar-refractivity contribution in [2.75, 3.05) is 13.1 Å². The van der Waals surface area contributed by atoms with Crippen LogP contribution in [0.25, 0.3) is 11.0 Å². The molecule has 0 amide bonds. The first kappa shape index (κ1) is 17.1. The molecular formula is C22H27N3O. The summed E-state index contributed by atoms with van der Waals surface area (Å²) in [5, 5.41) is 3.51. The van der Waals surface area contributed by atoms with Crippen LogP contribution in [0, 0.1) is 5.92 Å². The van der Waals surface area contributed by atoms with Gasteiger partial charge in [-0.1, -0.05) is 30.3 Å². The zero-order valence-electron chi connectivity index (χ0n) is 15.2. The van der Waals surface area contributed by atoms with Crippen LogP contribution in [0.15, 0.2) is 48.5 Å². The number of hydrogen-bond acceptors (Lipinski definition) is 3. The van der Waals surface area contributed by atoms with Crippen molar-refractivity contribution in [3.63, 3.8) is 0 Å². The van der Waals surface area contributed by atoms with Gasteiger partial charge in [0.05, 0.1) is 11.0 Å². The molecule has 2 N–H and O–H groups in total. The molecule has 3 aromatic rings. The first-order valence-corrected chi connectivity index (χ1v) is 9.73. The smallest absolute Gasteiger partial charge is 0.146 e. The van der Waals surface area contributed by atoms with E-state index in [2.05, 4.69) is 28.5 Å². The van der Waals surface area contributed by atoms with Gasteiger partial charge in [0, 0.05) is 0 Å². The molecule has 1 saturated heterocycles. The van der Waals surface area contributed by atoms with Crippen molar-refractivity contribution >= 4 is 11.0 Å². The number of aryl methyl sites for hydroxylation is 1. The number of nitrogens with zero attached hydrogens (tertiary/aromatic N) is 1. The number of benzene rings is 2. The van der Waals surface area contributed by atoms with E-state index >= 15 is 0 Å². The second-order valence-electron chi connectivity index (χ2n) is 7.20. The Morgan fingerprint density at radius 3 is 2.85 bits per heavy atom. The third kappa shape index (κ3) is 4.25. The highest BCUT2D eigenvalue weighted by molar-refractivity contribution is 5.78. The van der Waals surface area contributed by atoms with Gasteiger partial charge in [-0.3, -0.25) is 0 Å². The van der Waals surface area contributed by atoms with E-state index in [1.165, 1.54) is 44.3 Å². The summed E-state index contributed by atoms with van der Waals surface area (Å²) in [6.45, 7) is 2.84. The Morgan fingerprint density at radius 2 is 2.00 bits per heavy atom. The van der Waals surface area contributed by atoms with Gasteiger partial charge >= 0.3 is 0 Å². The summed E-state index contributed by atoms with van der Waals surface area (Å²) in [5.74, 6) is 2.60. The number of aromatic amines is 1. The Bertz CT molecular complexity index is 822. The summed E-state index contributed by atoms with van der Waals surface area (Å²) in [4.78, 5) is 8.20. The number of ether oxygens (including phenoxy) is 1. The normalized spacial score (nSPS) is 17.5. The zero-order chi connectivity index (χ0) is 17.6. The number of fused-ring (bicyclic) bond motifs is 1. The number of para-hydroxylation sites is 2. The molecule has 136 valence electrons. The average molecular weight is 349 g/mol. The molecule has 2 heterocycles. The first-order valence-electron chi connectivity index (χ1n) is 9.73. The quantitative estimate of drug-likeness (QED) is 0.662. The van der Waals surface area contributed by atoms with Crippen molar-refractivity contribution in [1.29, 1.82) is 0 Å². The van der Waals surface area contributed by atoms with E-state index in [0.717, 1.165) is 34.9 Å². The summed E-state index contributed by atoms with van der Waals surface area (Å²) in [6, 6.07) is 16.3. The van der Waals surface area contributed by atoms with E-state index in [0.29, 0.717) is 6.61 Å². The van der Waals surface area contributed by atoms with Crippen LogP contribution in [-0.4, -0.2) is 23.1 Å². The molecule has 0 aliphatic carbocycles. The molecule has 0 bridgehead atoms. The fourth-order valence-corrected chi connectivity index (χ4v) is 3.83. The van der Waals surface area contributed by atoms with E-state index in [9.17, 15) is 0 Å². The maximum absolute atomic E-state index is 5.82. The SMILES string of the molecule is c1ccc(OCc2nc3c(CCCC4CCCNC4)cccc3[nH]2)cc1. The molecule has 1 aliphatic heterocycles. The topological polar surface area (TPSA) is 49.9 Å². The number of piperidine rings is 1. The van der Waals surface area contributed by atoms with E-state index in [1.807, 2.05) is 30.3 Å². The van der Waals surface area contributed by atoms with E-state index in [4.69, 9.17) is 9.72 Å². The van der Waals surface area contributed by atoms with Gasteiger partial charge in [-0.05, 0) is 74.9 Å². The Hall–Kier alpha value is -2.33. The average Bonchev–Trinajstić information content (AvgIpc) is 3.12. The maximum Gasteiger partial charge on any atom is 0.146 e. The summed E-state index contributed by atoms with van der Waals surface area (Å²) < 4.78 is 5.82. The van der Waals surface area contributed by atoms with Gasteiger partial charge in [-0.15, -0.1) is 0 Å². The lowest BCUT2D eigenvalue weighted by Gasteiger charge is -2.22. The third-order valence-electron chi connectivity index (χ3n) is 5.22. The van der Waals surface area contributed by atoms with Gasteiger partial charge in [0.15, 0.2) is 0 Å². The van der Waals surface area contributed by atoms with Gasteiger partial charge in [-0.25, -0.2) is 4.98 Å².